The molecule has 4 nitrogen and oxygen atoms in total. The molecule has 0 saturated heterocycles. The van der Waals surface area contributed by atoms with Crippen molar-refractivity contribution in [1.29, 1.82) is 0 Å². The van der Waals surface area contributed by atoms with Gasteiger partial charge in [-0.15, -0.1) is 23.2 Å². The molecule has 0 fully saturated rings. The highest BCUT2D eigenvalue weighted by molar-refractivity contribution is 7.19. The fourth-order valence-corrected chi connectivity index (χ4v) is 2.45. The third-order valence-electron chi connectivity index (χ3n) is 1.82. The molecule has 0 amide bonds. The number of nitrogens with one attached hydrogen (secondary N) is 1. The highest BCUT2D eigenvalue weighted by atomic mass is 35.5. The van der Waals surface area contributed by atoms with E-state index in [-0.39, 0.29) is 0 Å². The highest BCUT2D eigenvalue weighted by Gasteiger charge is 2.11. The number of halogens is 2. The van der Waals surface area contributed by atoms with E-state index in [1.165, 1.54) is 11.3 Å². The average molecular weight is 271 g/mol. The SMILES string of the molecule is [O-][NH+](O)c1ccc(N(CCCl)CCCl)s1. The van der Waals surface area contributed by atoms with Crippen LogP contribution in [0.3, 0.4) is 0 Å². The van der Waals surface area contributed by atoms with Crippen LogP contribution in [-0.2, 0) is 0 Å². The Morgan fingerprint density at radius 2 is 1.93 bits per heavy atom. The molecule has 0 aliphatic rings. The van der Waals surface area contributed by atoms with Crippen LogP contribution in [0.5, 0.6) is 0 Å². The van der Waals surface area contributed by atoms with Gasteiger partial charge in [-0.1, -0.05) is 11.3 Å². The Bertz CT molecular complexity index is 290. The number of thiophene rings is 1. The van der Waals surface area contributed by atoms with Crippen LogP contribution in [0.25, 0.3) is 0 Å². The topological polar surface area (TPSA) is 51.0 Å². The smallest absolute Gasteiger partial charge is 0.221 e. The van der Waals surface area contributed by atoms with E-state index in [0.717, 1.165) is 5.00 Å². The quantitative estimate of drug-likeness (QED) is 0.608. The Balaban J connectivity index is 2.72. The number of alkyl halides is 2. The number of hydrogen-bond acceptors (Lipinski definition) is 4. The molecule has 1 rings (SSSR count). The number of hydrogen-bond donors (Lipinski definition) is 2. The Labute approximate surface area is 102 Å². The van der Waals surface area contributed by atoms with Crippen LogP contribution < -0.4 is 10.1 Å². The molecule has 0 spiro atoms. The minimum atomic E-state index is -0.900. The molecule has 0 radical (unpaired) electrons. The van der Waals surface area contributed by atoms with Gasteiger partial charge in [0.2, 0.25) is 5.00 Å². The Kier molecular flexibility index (Phi) is 5.66. The second-order valence-corrected chi connectivity index (χ2v) is 4.63. The van der Waals surface area contributed by atoms with Crippen molar-refractivity contribution in [2.45, 2.75) is 0 Å². The highest BCUT2D eigenvalue weighted by Crippen LogP contribution is 2.27. The van der Waals surface area contributed by atoms with Gasteiger partial charge < -0.3 is 10.1 Å². The molecule has 1 atom stereocenters. The van der Waals surface area contributed by atoms with Crippen LogP contribution >= 0.6 is 34.5 Å². The molecular weight excluding hydrogens is 259 g/mol. The standard InChI is InChI=1S/C8H12Cl2N2O2S/c9-3-5-11(6-4-10)7-1-2-8(15-7)12(13)14/h1-2,12-13H,3-6H2. The lowest BCUT2D eigenvalue weighted by molar-refractivity contribution is -0.989. The van der Waals surface area contributed by atoms with Gasteiger partial charge in [-0.25, -0.2) is 5.21 Å². The summed E-state index contributed by atoms with van der Waals surface area (Å²) in [4.78, 5) is 1.98. The third-order valence-corrected chi connectivity index (χ3v) is 3.30. The van der Waals surface area contributed by atoms with E-state index in [4.69, 9.17) is 28.4 Å². The lowest BCUT2D eigenvalue weighted by Gasteiger charge is -2.20. The van der Waals surface area contributed by atoms with Gasteiger partial charge in [0.05, 0.1) is 5.00 Å². The summed E-state index contributed by atoms with van der Waals surface area (Å²) in [6, 6.07) is 3.38. The summed E-state index contributed by atoms with van der Waals surface area (Å²) in [7, 11) is 0. The predicted octanol–water partition coefficient (Wildman–Crippen LogP) is 1.44. The molecule has 1 aromatic heterocycles. The van der Waals surface area contributed by atoms with E-state index in [0.29, 0.717) is 29.9 Å². The van der Waals surface area contributed by atoms with Gasteiger partial charge in [0.1, 0.15) is 0 Å². The summed E-state index contributed by atoms with van der Waals surface area (Å²) >= 11 is 12.5. The van der Waals surface area contributed by atoms with Crippen LogP contribution in [0.2, 0.25) is 0 Å². The van der Waals surface area contributed by atoms with E-state index in [2.05, 4.69) is 0 Å². The molecule has 0 aromatic carbocycles. The Morgan fingerprint density at radius 1 is 1.33 bits per heavy atom. The summed E-state index contributed by atoms with van der Waals surface area (Å²) in [5.41, 5.74) is 0. The van der Waals surface area contributed by atoms with Crippen molar-refractivity contribution in [2.24, 2.45) is 0 Å². The fraction of sp³-hybridized carbons (Fsp3) is 0.500. The first-order valence-corrected chi connectivity index (χ1v) is 6.27. The summed E-state index contributed by atoms with van der Waals surface area (Å²) in [6.07, 6.45) is 0. The fourth-order valence-electron chi connectivity index (χ4n) is 1.15. The van der Waals surface area contributed by atoms with Crippen LogP contribution in [0.4, 0.5) is 10.0 Å². The molecule has 0 aliphatic heterocycles. The van der Waals surface area contributed by atoms with Gasteiger partial charge in [0.25, 0.3) is 0 Å². The van der Waals surface area contributed by atoms with Crippen molar-refractivity contribution in [3.8, 4) is 0 Å². The van der Waals surface area contributed by atoms with Crippen molar-refractivity contribution in [1.82, 2.24) is 0 Å². The maximum Gasteiger partial charge on any atom is 0.221 e. The number of rotatable bonds is 6. The van der Waals surface area contributed by atoms with E-state index in [1.54, 1.807) is 12.1 Å². The normalized spacial score (nSPS) is 12.8. The average Bonchev–Trinajstić information content (AvgIpc) is 2.66. The van der Waals surface area contributed by atoms with Gasteiger partial charge in [-0.3, -0.25) is 0 Å². The maximum absolute atomic E-state index is 10.7. The van der Waals surface area contributed by atoms with Crippen LogP contribution in [0, 0.1) is 5.21 Å². The molecule has 7 heteroatoms. The lowest BCUT2D eigenvalue weighted by Crippen LogP contribution is -2.98. The minimum absolute atomic E-state index is 0.333. The zero-order chi connectivity index (χ0) is 11.3. The van der Waals surface area contributed by atoms with Crippen LogP contribution in [0.1, 0.15) is 0 Å². The molecule has 86 valence electrons. The second-order valence-electron chi connectivity index (χ2n) is 2.81. The van der Waals surface area contributed by atoms with E-state index in [1.807, 2.05) is 4.90 Å². The Morgan fingerprint density at radius 3 is 2.33 bits per heavy atom. The minimum Gasteiger partial charge on any atom is -0.594 e. The van der Waals surface area contributed by atoms with Gasteiger partial charge in [0.15, 0.2) is 0 Å². The number of anilines is 1. The molecule has 0 saturated carbocycles. The van der Waals surface area contributed by atoms with Crippen LogP contribution in [0.15, 0.2) is 12.1 Å². The first kappa shape index (κ1) is 13.0. The van der Waals surface area contributed by atoms with Crippen molar-refractivity contribution in [3.63, 3.8) is 0 Å². The van der Waals surface area contributed by atoms with Crippen molar-refractivity contribution < 1.29 is 10.4 Å². The number of nitrogens with zero attached hydrogens (tertiary/aromatic N) is 1. The summed E-state index contributed by atoms with van der Waals surface area (Å²) in [5, 5.41) is 19.8. The summed E-state index contributed by atoms with van der Waals surface area (Å²) in [5.74, 6) is 0.994. The molecule has 1 unspecified atom stereocenters. The lowest BCUT2D eigenvalue weighted by atomic mass is 10.5. The summed E-state index contributed by atoms with van der Waals surface area (Å²) in [6.45, 7) is 1.35. The van der Waals surface area contributed by atoms with E-state index in [9.17, 15) is 5.21 Å². The number of quaternary nitrogens is 1. The molecular formula is C8H12Cl2N2O2S. The largest absolute Gasteiger partial charge is 0.594 e. The summed E-state index contributed by atoms with van der Waals surface area (Å²) < 4.78 is 0. The van der Waals surface area contributed by atoms with E-state index < -0.39 is 5.23 Å². The molecule has 0 aliphatic carbocycles. The maximum atomic E-state index is 10.7. The molecule has 15 heavy (non-hydrogen) atoms. The predicted molar refractivity (Wildman–Crippen MR) is 63.7 cm³/mol. The van der Waals surface area contributed by atoms with Gasteiger partial charge in [-0.2, -0.15) is 5.23 Å². The molecule has 1 aromatic rings. The molecule has 1 heterocycles. The van der Waals surface area contributed by atoms with Crippen molar-refractivity contribution >= 4 is 44.5 Å². The molecule has 0 bridgehead atoms. The van der Waals surface area contributed by atoms with Gasteiger partial charge in [-0.05, 0) is 6.07 Å². The monoisotopic (exact) mass is 270 g/mol. The zero-order valence-corrected chi connectivity index (χ0v) is 10.3. The van der Waals surface area contributed by atoms with Crippen molar-refractivity contribution in [3.05, 3.63) is 17.3 Å². The Hall–Kier alpha value is -0.0400. The zero-order valence-electron chi connectivity index (χ0n) is 7.95. The molecule has 2 N–H and O–H groups in total. The van der Waals surface area contributed by atoms with Gasteiger partial charge in [0, 0.05) is 30.9 Å². The van der Waals surface area contributed by atoms with E-state index >= 15 is 0 Å². The first-order chi connectivity index (χ1) is 7.19. The van der Waals surface area contributed by atoms with Crippen LogP contribution in [-0.4, -0.2) is 30.1 Å². The van der Waals surface area contributed by atoms with Crippen molar-refractivity contribution in [2.75, 3.05) is 29.7 Å². The first-order valence-electron chi connectivity index (χ1n) is 4.39. The van der Waals surface area contributed by atoms with Gasteiger partial charge >= 0.3 is 0 Å². The third kappa shape index (κ3) is 3.79. The second kappa shape index (κ2) is 6.52.